The summed E-state index contributed by atoms with van der Waals surface area (Å²) >= 11 is 1.95. The highest BCUT2D eigenvalue weighted by atomic mass is 32.1. The first-order valence-corrected chi connectivity index (χ1v) is 31.8. The van der Waals surface area contributed by atoms with Gasteiger partial charge in [0.05, 0.1) is 11.2 Å². The van der Waals surface area contributed by atoms with Crippen LogP contribution in [0.2, 0.25) is 0 Å². The number of fused-ring (bicyclic) bond motifs is 21. The van der Waals surface area contributed by atoms with Crippen LogP contribution < -0.4 is 31.1 Å². The molecule has 0 amide bonds. The van der Waals surface area contributed by atoms with Gasteiger partial charge >= 0.3 is 0 Å². The van der Waals surface area contributed by atoms with Crippen LogP contribution in [0.4, 0.5) is 45.5 Å². The lowest BCUT2D eigenvalue weighted by atomic mass is 9.33. The maximum absolute atomic E-state index is 7.23. The van der Waals surface area contributed by atoms with E-state index in [1.54, 1.807) is 0 Å². The Hall–Kier alpha value is -6.76. The molecule has 1 fully saturated rings. The SMILES string of the molecule is Cc1cc2c3cc1N1c4cc5c(cc4B4c6cc7c(cc6N(c6cccc8c6oc6ccccc68)c6cc(cc1c64)N1c4cc(c(C(C)(C)C)cc4C4(C)CCCCC14C)C3(C)CCC2(C)C)C(C)(C)CCC7(C)C)sc1ccccc15. The van der Waals surface area contributed by atoms with E-state index in [1.165, 1.54) is 140 Å². The minimum absolute atomic E-state index is 0.000759. The van der Waals surface area contributed by atoms with Gasteiger partial charge < -0.3 is 19.1 Å². The monoisotopic (exact) mass is 1090 g/mol. The average Bonchev–Trinajstić information content (AvgIpc) is 4.16. The summed E-state index contributed by atoms with van der Waals surface area (Å²) in [5, 5.41) is 4.99. The summed E-state index contributed by atoms with van der Waals surface area (Å²) in [4.78, 5) is 8.44. The van der Waals surface area contributed by atoms with Gasteiger partial charge in [0.2, 0.25) is 0 Å². The smallest absolute Gasteiger partial charge is 0.252 e. The lowest BCUT2D eigenvalue weighted by Crippen LogP contribution is -2.62. The molecule has 6 heterocycles. The van der Waals surface area contributed by atoms with Crippen LogP contribution in [0, 0.1) is 6.92 Å². The van der Waals surface area contributed by atoms with E-state index >= 15 is 0 Å². The van der Waals surface area contributed by atoms with E-state index in [9.17, 15) is 0 Å². The van der Waals surface area contributed by atoms with Gasteiger partial charge in [-0.3, -0.25) is 0 Å². The molecule has 82 heavy (non-hydrogen) atoms. The summed E-state index contributed by atoms with van der Waals surface area (Å²) in [5.74, 6) is 0. The quantitative estimate of drug-likeness (QED) is 0.153. The molecule has 1 saturated carbocycles. The summed E-state index contributed by atoms with van der Waals surface area (Å²) in [6.07, 6.45) is 9.25. The topological polar surface area (TPSA) is 22.9 Å². The zero-order chi connectivity index (χ0) is 56.3. The largest absolute Gasteiger partial charge is 0.454 e. The van der Waals surface area contributed by atoms with E-state index in [0.29, 0.717) is 0 Å². The summed E-state index contributed by atoms with van der Waals surface area (Å²) < 4.78 is 9.92. The number of furan rings is 1. The second-order valence-electron chi connectivity index (χ2n) is 30.2. The van der Waals surface area contributed by atoms with Crippen LogP contribution in [-0.2, 0) is 32.5 Å². The van der Waals surface area contributed by atoms with Crippen LogP contribution in [0.5, 0.6) is 0 Å². The average molecular weight is 1090 g/mol. The van der Waals surface area contributed by atoms with Gasteiger partial charge in [0.1, 0.15) is 5.58 Å². The summed E-state index contributed by atoms with van der Waals surface area (Å²) in [6.45, 7) is 32.8. The highest BCUT2D eigenvalue weighted by Gasteiger charge is 2.60. The van der Waals surface area contributed by atoms with Crippen LogP contribution in [-0.4, -0.2) is 12.3 Å². The van der Waals surface area contributed by atoms with Crippen molar-refractivity contribution >= 4 is 122 Å². The van der Waals surface area contributed by atoms with Gasteiger partial charge in [0, 0.05) is 81.6 Å². The minimum atomic E-state index is -0.242. The van der Waals surface area contributed by atoms with Gasteiger partial charge in [-0.15, -0.1) is 11.3 Å². The molecule has 3 unspecified atom stereocenters. The van der Waals surface area contributed by atoms with Crippen molar-refractivity contribution in [2.45, 2.75) is 179 Å². The molecule has 17 rings (SSSR count). The van der Waals surface area contributed by atoms with Crippen molar-refractivity contribution in [2.24, 2.45) is 0 Å². The third-order valence-corrected chi connectivity index (χ3v) is 24.3. The molecule has 0 radical (unpaired) electrons. The standard InChI is InChI=1S/C76H76BN3OS/c1-43-33-50-54-40-59(43)79-61-36-48-46-22-15-17-26-66(46)82-67(48)42-57(61)77-56-38-51-52(72(7,8)30-29-71(51,5)6)39-62(56)78(58-24-20-23-47-45-21-14-16-25-65(45)81-69(47)58)63-34-44(35-64(79)68(63)77)80-60-41-53(74(54,11)32-31-73(50,9)10)49(70(2,3)4)37-55(60)75(12)27-18-19-28-76(75,80)13/h14-17,20-26,33-42H,18-19,27-32H2,1-13H3. The van der Waals surface area contributed by atoms with E-state index < -0.39 is 0 Å². The van der Waals surface area contributed by atoms with Gasteiger partial charge in [-0.05, 0) is 196 Å². The molecule has 3 aliphatic carbocycles. The molecule has 410 valence electrons. The normalized spacial score (nSPS) is 23.9. The Labute approximate surface area is 489 Å². The molecule has 0 saturated heterocycles. The number of rotatable bonds is 1. The Morgan fingerprint density at radius 1 is 0.476 bits per heavy atom. The second-order valence-corrected chi connectivity index (χ2v) is 31.3. The molecule has 8 aromatic carbocycles. The maximum atomic E-state index is 7.23. The first-order chi connectivity index (χ1) is 39.0. The van der Waals surface area contributed by atoms with Crippen molar-refractivity contribution < 1.29 is 4.42 Å². The molecule has 6 heteroatoms. The van der Waals surface area contributed by atoms with E-state index in [-0.39, 0.29) is 44.7 Å². The maximum Gasteiger partial charge on any atom is 0.252 e. The number of benzene rings is 8. The van der Waals surface area contributed by atoms with Gasteiger partial charge in [0.15, 0.2) is 5.58 Å². The lowest BCUT2D eigenvalue weighted by Gasteiger charge is -2.51. The van der Waals surface area contributed by atoms with Crippen LogP contribution in [0.15, 0.2) is 132 Å². The van der Waals surface area contributed by atoms with Gasteiger partial charge in [-0.2, -0.15) is 0 Å². The Morgan fingerprint density at radius 2 is 1.09 bits per heavy atom. The fourth-order valence-electron chi connectivity index (χ4n) is 18.1. The van der Waals surface area contributed by atoms with Gasteiger partial charge in [-0.25, -0.2) is 0 Å². The lowest BCUT2D eigenvalue weighted by molar-refractivity contribution is 0.195. The number of aryl methyl sites for hydroxylation is 1. The second kappa shape index (κ2) is 15.7. The Bertz CT molecular complexity index is 4540. The molecule has 4 nitrogen and oxygen atoms in total. The highest BCUT2D eigenvalue weighted by molar-refractivity contribution is 7.26. The van der Waals surface area contributed by atoms with Crippen molar-refractivity contribution in [2.75, 3.05) is 14.7 Å². The predicted molar refractivity (Wildman–Crippen MR) is 351 cm³/mol. The molecule has 0 spiro atoms. The van der Waals surface area contributed by atoms with E-state index in [1.807, 2.05) is 11.3 Å². The van der Waals surface area contributed by atoms with E-state index in [0.717, 1.165) is 59.7 Å². The molecule has 10 aromatic rings. The van der Waals surface area contributed by atoms with Crippen LogP contribution in [0.1, 0.15) is 179 Å². The molecule has 4 aliphatic heterocycles. The number of thiophene rings is 1. The summed E-state index contributed by atoms with van der Waals surface area (Å²) in [5.41, 5.74) is 27.4. The third kappa shape index (κ3) is 6.15. The Balaban J connectivity index is 1.09. The molecular weight excluding hydrogens is 1010 g/mol. The molecule has 3 atom stereocenters. The summed E-state index contributed by atoms with van der Waals surface area (Å²) in [7, 11) is 0. The first kappa shape index (κ1) is 49.8. The predicted octanol–water partition coefficient (Wildman–Crippen LogP) is 19.4. The van der Waals surface area contributed by atoms with Crippen LogP contribution >= 0.6 is 11.3 Å². The fourth-order valence-corrected chi connectivity index (χ4v) is 19.3. The molecule has 6 bridgehead atoms. The molecule has 7 aliphatic rings. The van der Waals surface area contributed by atoms with Crippen LogP contribution in [0.3, 0.4) is 0 Å². The number of hydrogen-bond acceptors (Lipinski definition) is 5. The van der Waals surface area contributed by atoms with E-state index in [2.05, 4.69) is 232 Å². The van der Waals surface area contributed by atoms with Crippen molar-refractivity contribution in [1.82, 2.24) is 0 Å². The number of para-hydroxylation sites is 2. The first-order valence-electron chi connectivity index (χ1n) is 31.0. The fraction of sp³-hybridized carbons (Fsp3) is 0.368. The van der Waals surface area contributed by atoms with E-state index in [4.69, 9.17) is 4.42 Å². The van der Waals surface area contributed by atoms with Crippen molar-refractivity contribution in [3.63, 3.8) is 0 Å². The van der Waals surface area contributed by atoms with Gasteiger partial charge in [-0.1, -0.05) is 156 Å². The van der Waals surface area contributed by atoms with Crippen molar-refractivity contribution in [1.29, 1.82) is 0 Å². The zero-order valence-electron chi connectivity index (χ0n) is 50.5. The number of anilines is 8. The van der Waals surface area contributed by atoms with Crippen molar-refractivity contribution in [3.8, 4) is 0 Å². The minimum Gasteiger partial charge on any atom is -0.454 e. The van der Waals surface area contributed by atoms with Crippen LogP contribution in [0.25, 0.3) is 42.1 Å². The molecule has 2 aromatic heterocycles. The number of hydrogen-bond donors (Lipinski definition) is 0. The molecular formula is C76H76BN3OS. The van der Waals surface area contributed by atoms with Gasteiger partial charge in [0.25, 0.3) is 6.71 Å². The highest BCUT2D eigenvalue weighted by Crippen LogP contribution is 2.65. The van der Waals surface area contributed by atoms with Crippen molar-refractivity contribution in [3.05, 3.63) is 172 Å². The molecule has 0 N–H and O–H groups in total. The summed E-state index contributed by atoms with van der Waals surface area (Å²) in [6, 6.07) is 51.6. The zero-order valence-corrected chi connectivity index (χ0v) is 51.3. The number of nitrogens with zero attached hydrogens (tertiary/aromatic N) is 3. The third-order valence-electron chi connectivity index (χ3n) is 23.2. The Morgan fingerprint density at radius 3 is 1.84 bits per heavy atom. The Kier molecular flexibility index (Phi) is 9.54.